The zero-order valence-corrected chi connectivity index (χ0v) is 11.1. The lowest BCUT2D eigenvalue weighted by Gasteiger charge is -2.08. The van der Waals surface area contributed by atoms with Crippen LogP contribution in [0.15, 0.2) is 54.7 Å². The van der Waals surface area contributed by atoms with Gasteiger partial charge in [-0.1, -0.05) is 29.8 Å². The van der Waals surface area contributed by atoms with Crippen LogP contribution in [-0.2, 0) is 0 Å². The predicted octanol–water partition coefficient (Wildman–Crippen LogP) is 4.25. The lowest BCUT2D eigenvalue weighted by atomic mass is 10.00. The second-order valence-electron chi connectivity index (χ2n) is 4.41. The number of carbonyl (C=O) groups is 1. The second-order valence-corrected chi connectivity index (χ2v) is 4.85. The summed E-state index contributed by atoms with van der Waals surface area (Å²) in [6.07, 6.45) is 1.67. The number of rotatable bonds is 2. The Bertz CT molecular complexity index is 814. The molecule has 0 unspecified atom stereocenters. The Kier molecular flexibility index (Phi) is 3.12. The van der Waals surface area contributed by atoms with Gasteiger partial charge < -0.3 is 5.11 Å². The highest BCUT2D eigenvalue weighted by molar-refractivity contribution is 6.31. The molecule has 1 heterocycles. The molecule has 3 rings (SSSR count). The van der Waals surface area contributed by atoms with Crippen molar-refractivity contribution in [2.45, 2.75) is 0 Å². The van der Waals surface area contributed by atoms with Gasteiger partial charge in [0.25, 0.3) is 0 Å². The molecular weight excluding hydrogens is 274 g/mol. The maximum Gasteiger partial charge on any atom is 0.336 e. The van der Waals surface area contributed by atoms with E-state index in [1.54, 1.807) is 18.3 Å². The third-order valence-electron chi connectivity index (χ3n) is 3.11. The molecule has 1 aromatic heterocycles. The van der Waals surface area contributed by atoms with Crippen molar-refractivity contribution in [2.24, 2.45) is 0 Å². The number of halogens is 1. The van der Waals surface area contributed by atoms with Crippen LogP contribution in [0.3, 0.4) is 0 Å². The minimum Gasteiger partial charge on any atom is -0.478 e. The summed E-state index contributed by atoms with van der Waals surface area (Å²) in [5.41, 5.74) is 2.40. The molecule has 3 nitrogen and oxygen atoms in total. The first-order valence-electron chi connectivity index (χ1n) is 6.03. The molecule has 0 fully saturated rings. The van der Waals surface area contributed by atoms with E-state index < -0.39 is 5.97 Å². The molecular formula is C16H10ClNO2. The molecule has 0 bridgehead atoms. The number of benzene rings is 2. The van der Waals surface area contributed by atoms with Crippen LogP contribution < -0.4 is 0 Å². The number of pyridine rings is 1. The molecule has 0 atom stereocenters. The molecule has 0 aliphatic heterocycles. The zero-order valence-electron chi connectivity index (χ0n) is 10.4. The van der Waals surface area contributed by atoms with E-state index in [1.807, 2.05) is 30.3 Å². The Morgan fingerprint density at radius 2 is 1.90 bits per heavy atom. The average molecular weight is 284 g/mol. The SMILES string of the molecule is O=C(O)c1ccc(Cl)cc1-c1cnc2ccccc2c1. The van der Waals surface area contributed by atoms with E-state index in [1.165, 1.54) is 6.07 Å². The van der Waals surface area contributed by atoms with Gasteiger partial charge in [0.2, 0.25) is 0 Å². The Labute approximate surface area is 120 Å². The lowest BCUT2D eigenvalue weighted by Crippen LogP contribution is -1.99. The van der Waals surface area contributed by atoms with Crippen molar-refractivity contribution in [3.63, 3.8) is 0 Å². The molecule has 0 amide bonds. The summed E-state index contributed by atoms with van der Waals surface area (Å²) in [7, 11) is 0. The molecule has 0 radical (unpaired) electrons. The van der Waals surface area contributed by atoms with Crippen LogP contribution in [0.25, 0.3) is 22.0 Å². The van der Waals surface area contributed by atoms with Gasteiger partial charge in [-0.3, -0.25) is 4.98 Å². The maximum absolute atomic E-state index is 11.3. The third kappa shape index (κ3) is 2.24. The number of aromatic nitrogens is 1. The number of para-hydroxylation sites is 1. The highest BCUT2D eigenvalue weighted by Crippen LogP contribution is 2.28. The first kappa shape index (κ1) is 12.6. The number of carboxylic acids is 1. The Morgan fingerprint density at radius 1 is 1.10 bits per heavy atom. The van der Waals surface area contributed by atoms with Crippen LogP contribution in [0, 0.1) is 0 Å². The van der Waals surface area contributed by atoms with E-state index >= 15 is 0 Å². The number of nitrogens with zero attached hydrogens (tertiary/aromatic N) is 1. The molecule has 0 spiro atoms. The molecule has 4 heteroatoms. The van der Waals surface area contributed by atoms with Crippen molar-refractivity contribution in [2.75, 3.05) is 0 Å². The van der Waals surface area contributed by atoms with Gasteiger partial charge >= 0.3 is 5.97 Å². The van der Waals surface area contributed by atoms with Crippen molar-refractivity contribution in [1.29, 1.82) is 0 Å². The van der Waals surface area contributed by atoms with Crippen molar-refractivity contribution in [3.05, 3.63) is 65.3 Å². The van der Waals surface area contributed by atoms with Crippen LogP contribution in [0.2, 0.25) is 5.02 Å². The number of carboxylic acid groups (broad SMARTS) is 1. The Morgan fingerprint density at radius 3 is 2.70 bits per heavy atom. The standard InChI is InChI=1S/C16H10ClNO2/c17-12-5-6-13(16(19)20)14(8-12)11-7-10-3-1-2-4-15(10)18-9-11/h1-9H,(H,19,20). The Hall–Kier alpha value is -2.39. The van der Waals surface area contributed by atoms with E-state index in [2.05, 4.69) is 4.98 Å². The van der Waals surface area contributed by atoms with Crippen LogP contribution in [0.1, 0.15) is 10.4 Å². The summed E-state index contributed by atoms with van der Waals surface area (Å²) < 4.78 is 0. The van der Waals surface area contributed by atoms with Gasteiger partial charge in [0.15, 0.2) is 0 Å². The summed E-state index contributed by atoms with van der Waals surface area (Å²) >= 11 is 5.98. The van der Waals surface area contributed by atoms with Crippen molar-refractivity contribution in [1.82, 2.24) is 4.98 Å². The second kappa shape index (κ2) is 4.94. The molecule has 0 aliphatic rings. The molecule has 0 saturated carbocycles. The molecule has 0 aliphatic carbocycles. The van der Waals surface area contributed by atoms with Gasteiger partial charge in [0.1, 0.15) is 0 Å². The normalized spacial score (nSPS) is 10.7. The fraction of sp³-hybridized carbons (Fsp3) is 0. The van der Waals surface area contributed by atoms with Crippen LogP contribution in [0.5, 0.6) is 0 Å². The van der Waals surface area contributed by atoms with Gasteiger partial charge in [0.05, 0.1) is 11.1 Å². The first-order valence-corrected chi connectivity index (χ1v) is 6.41. The molecule has 3 aromatic rings. The van der Waals surface area contributed by atoms with Gasteiger partial charge in [-0.2, -0.15) is 0 Å². The van der Waals surface area contributed by atoms with E-state index in [4.69, 9.17) is 11.6 Å². The van der Waals surface area contributed by atoms with Gasteiger partial charge in [0, 0.05) is 22.2 Å². The molecule has 98 valence electrons. The largest absolute Gasteiger partial charge is 0.478 e. The number of hydrogen-bond donors (Lipinski definition) is 1. The van der Waals surface area contributed by atoms with Crippen LogP contribution in [0.4, 0.5) is 0 Å². The minimum atomic E-state index is -0.982. The number of hydrogen-bond acceptors (Lipinski definition) is 2. The Balaban J connectivity index is 2.24. The number of fused-ring (bicyclic) bond motifs is 1. The van der Waals surface area contributed by atoms with Gasteiger partial charge in [-0.15, -0.1) is 0 Å². The van der Waals surface area contributed by atoms with E-state index in [9.17, 15) is 9.90 Å². The molecule has 20 heavy (non-hydrogen) atoms. The summed E-state index contributed by atoms with van der Waals surface area (Å²) in [4.78, 5) is 15.7. The van der Waals surface area contributed by atoms with Gasteiger partial charge in [-0.05, 0) is 35.9 Å². The van der Waals surface area contributed by atoms with Crippen molar-refractivity contribution >= 4 is 28.5 Å². The topological polar surface area (TPSA) is 50.2 Å². The minimum absolute atomic E-state index is 0.214. The predicted molar refractivity (Wildman–Crippen MR) is 79.1 cm³/mol. The summed E-state index contributed by atoms with van der Waals surface area (Å²) in [5.74, 6) is -0.982. The average Bonchev–Trinajstić information content (AvgIpc) is 2.46. The highest BCUT2D eigenvalue weighted by atomic mass is 35.5. The summed E-state index contributed by atoms with van der Waals surface area (Å²) in [6, 6.07) is 14.3. The monoisotopic (exact) mass is 283 g/mol. The fourth-order valence-corrected chi connectivity index (χ4v) is 2.33. The quantitative estimate of drug-likeness (QED) is 0.765. The number of aromatic carboxylic acids is 1. The van der Waals surface area contributed by atoms with Crippen molar-refractivity contribution < 1.29 is 9.90 Å². The van der Waals surface area contributed by atoms with Crippen LogP contribution in [-0.4, -0.2) is 16.1 Å². The molecule has 2 aromatic carbocycles. The smallest absolute Gasteiger partial charge is 0.336 e. The van der Waals surface area contributed by atoms with E-state index in [-0.39, 0.29) is 5.56 Å². The highest BCUT2D eigenvalue weighted by Gasteiger charge is 2.12. The van der Waals surface area contributed by atoms with E-state index in [0.717, 1.165) is 16.5 Å². The van der Waals surface area contributed by atoms with E-state index in [0.29, 0.717) is 10.6 Å². The van der Waals surface area contributed by atoms with Crippen LogP contribution >= 0.6 is 11.6 Å². The lowest BCUT2D eigenvalue weighted by molar-refractivity contribution is 0.0698. The van der Waals surface area contributed by atoms with Gasteiger partial charge in [-0.25, -0.2) is 4.79 Å². The maximum atomic E-state index is 11.3. The molecule has 0 saturated heterocycles. The summed E-state index contributed by atoms with van der Waals surface area (Å²) in [5, 5.41) is 10.7. The molecule has 1 N–H and O–H groups in total. The van der Waals surface area contributed by atoms with Crippen molar-refractivity contribution in [3.8, 4) is 11.1 Å². The zero-order chi connectivity index (χ0) is 14.1. The summed E-state index contributed by atoms with van der Waals surface area (Å²) in [6.45, 7) is 0. The first-order chi connectivity index (χ1) is 9.65. The third-order valence-corrected chi connectivity index (χ3v) is 3.35. The fourth-order valence-electron chi connectivity index (χ4n) is 2.16.